The molecule has 0 bridgehead atoms. The largest absolute Gasteiger partial charge is 0.493 e. The van der Waals surface area contributed by atoms with E-state index >= 15 is 0 Å². The van der Waals surface area contributed by atoms with E-state index in [1.54, 1.807) is 32.9 Å². The Labute approximate surface area is 148 Å². The molecule has 0 spiro atoms. The van der Waals surface area contributed by atoms with E-state index in [1.165, 1.54) is 14.2 Å². The summed E-state index contributed by atoms with van der Waals surface area (Å²) in [6.07, 6.45) is 1.14. The molecule has 0 saturated carbocycles. The van der Waals surface area contributed by atoms with E-state index in [2.05, 4.69) is 5.32 Å². The van der Waals surface area contributed by atoms with Gasteiger partial charge in [0, 0.05) is 18.0 Å². The number of carbonyl (C=O) groups is 1. The van der Waals surface area contributed by atoms with E-state index in [1.807, 2.05) is 0 Å². The summed E-state index contributed by atoms with van der Waals surface area (Å²) in [5.41, 5.74) is -0.0879. The molecule has 0 radical (unpaired) electrons. The normalized spacial score (nSPS) is 10.9. The molecule has 1 aromatic rings. The van der Waals surface area contributed by atoms with Crippen LogP contribution in [-0.2, 0) is 4.74 Å². The molecular weight excluding hydrogens is 334 g/mol. The highest BCUT2D eigenvalue weighted by molar-refractivity contribution is 6.17. The Morgan fingerprint density at radius 1 is 1.12 bits per heavy atom. The Morgan fingerprint density at radius 2 is 1.71 bits per heavy atom. The van der Waals surface area contributed by atoms with Gasteiger partial charge in [0.15, 0.2) is 11.5 Å². The average Bonchev–Trinajstić information content (AvgIpc) is 2.49. The van der Waals surface area contributed by atoms with E-state index < -0.39 is 11.7 Å². The fourth-order valence-electron chi connectivity index (χ4n) is 1.89. The molecule has 0 aliphatic carbocycles. The number of methoxy groups -OCH3 is 2. The zero-order valence-electron chi connectivity index (χ0n) is 14.9. The van der Waals surface area contributed by atoms with Crippen molar-refractivity contribution in [1.82, 2.24) is 0 Å². The van der Waals surface area contributed by atoms with Gasteiger partial charge < -0.3 is 18.9 Å². The third-order valence-electron chi connectivity index (χ3n) is 2.88. The molecule has 0 aliphatic heterocycles. The monoisotopic (exact) mass is 359 g/mol. The number of nitrogens with one attached hydrogen (secondary N) is 1. The number of halogens is 1. The first-order chi connectivity index (χ1) is 11.3. The van der Waals surface area contributed by atoms with Crippen molar-refractivity contribution in [2.24, 2.45) is 0 Å². The maximum Gasteiger partial charge on any atom is 0.412 e. The summed E-state index contributed by atoms with van der Waals surface area (Å²) < 4.78 is 21.7. The Bertz CT molecular complexity index is 517. The summed E-state index contributed by atoms with van der Waals surface area (Å²) in [6.45, 7) is 5.89. The summed E-state index contributed by atoms with van der Waals surface area (Å²) in [4.78, 5) is 11.9. The van der Waals surface area contributed by atoms with Crippen molar-refractivity contribution in [3.63, 3.8) is 0 Å². The second-order valence-corrected chi connectivity index (χ2v) is 6.46. The van der Waals surface area contributed by atoms with Crippen LogP contribution in [0.25, 0.3) is 0 Å². The van der Waals surface area contributed by atoms with Gasteiger partial charge in [0.2, 0.25) is 5.75 Å². The van der Waals surface area contributed by atoms with Crippen molar-refractivity contribution in [2.45, 2.75) is 39.2 Å². The Balaban J connectivity index is 2.91. The van der Waals surface area contributed by atoms with Crippen LogP contribution in [0.15, 0.2) is 12.1 Å². The molecule has 1 amide bonds. The van der Waals surface area contributed by atoms with Crippen molar-refractivity contribution in [3.8, 4) is 17.2 Å². The first kappa shape index (κ1) is 20.2. The fourth-order valence-corrected chi connectivity index (χ4v) is 2.08. The minimum atomic E-state index is -0.580. The lowest BCUT2D eigenvalue weighted by molar-refractivity contribution is 0.0636. The van der Waals surface area contributed by atoms with Crippen LogP contribution in [0.1, 0.15) is 33.6 Å². The number of alkyl halides is 1. The molecule has 0 aliphatic rings. The summed E-state index contributed by atoms with van der Waals surface area (Å²) in [7, 11) is 3.05. The topological polar surface area (TPSA) is 66.0 Å². The number of benzene rings is 1. The zero-order valence-corrected chi connectivity index (χ0v) is 15.7. The van der Waals surface area contributed by atoms with Crippen LogP contribution in [0.3, 0.4) is 0 Å². The van der Waals surface area contributed by atoms with Gasteiger partial charge in [0.25, 0.3) is 0 Å². The van der Waals surface area contributed by atoms with Crippen molar-refractivity contribution in [3.05, 3.63) is 12.1 Å². The molecule has 0 fully saturated rings. The highest BCUT2D eigenvalue weighted by Gasteiger charge is 2.19. The SMILES string of the molecule is COc1cc(NC(=O)OC(C)(C)C)cc(OC)c1OCCCCCl. The van der Waals surface area contributed by atoms with Gasteiger partial charge in [-0.3, -0.25) is 5.32 Å². The quantitative estimate of drug-likeness (QED) is 0.548. The van der Waals surface area contributed by atoms with E-state index in [-0.39, 0.29) is 0 Å². The second kappa shape index (κ2) is 9.47. The van der Waals surface area contributed by atoms with Crippen LogP contribution in [0, 0.1) is 0 Å². The average molecular weight is 360 g/mol. The first-order valence-electron chi connectivity index (χ1n) is 7.75. The lowest BCUT2D eigenvalue weighted by Crippen LogP contribution is -2.27. The van der Waals surface area contributed by atoms with Gasteiger partial charge in [-0.25, -0.2) is 4.79 Å². The first-order valence-corrected chi connectivity index (χ1v) is 8.29. The third kappa shape index (κ3) is 6.74. The molecule has 24 heavy (non-hydrogen) atoms. The fraction of sp³-hybridized carbons (Fsp3) is 0.588. The zero-order chi connectivity index (χ0) is 18.2. The summed E-state index contributed by atoms with van der Waals surface area (Å²) >= 11 is 5.66. The van der Waals surface area contributed by atoms with E-state index in [4.69, 9.17) is 30.5 Å². The van der Waals surface area contributed by atoms with E-state index in [9.17, 15) is 4.79 Å². The molecule has 6 nitrogen and oxygen atoms in total. The predicted molar refractivity (Wildman–Crippen MR) is 94.9 cm³/mol. The molecule has 1 aromatic carbocycles. The predicted octanol–water partition coefficient (Wildman–Crippen LogP) is 4.45. The molecule has 0 atom stereocenters. The number of amides is 1. The van der Waals surface area contributed by atoms with Crippen molar-refractivity contribution >= 4 is 23.4 Å². The molecule has 0 heterocycles. The van der Waals surface area contributed by atoms with Crippen LogP contribution in [-0.4, -0.2) is 38.4 Å². The minimum absolute atomic E-state index is 0.464. The number of hydrogen-bond donors (Lipinski definition) is 1. The third-order valence-corrected chi connectivity index (χ3v) is 3.15. The molecule has 0 saturated heterocycles. The van der Waals surface area contributed by atoms with E-state index in [0.29, 0.717) is 35.4 Å². The Hall–Kier alpha value is -1.82. The molecular formula is C17H26ClNO5. The highest BCUT2D eigenvalue weighted by Crippen LogP contribution is 2.40. The maximum absolute atomic E-state index is 11.9. The van der Waals surface area contributed by atoms with Gasteiger partial charge in [0.05, 0.1) is 26.5 Å². The molecule has 0 aromatic heterocycles. The lowest BCUT2D eigenvalue weighted by atomic mass is 10.2. The Kier molecular flexibility index (Phi) is 7.98. The molecule has 1 N–H and O–H groups in total. The summed E-state index contributed by atoms with van der Waals surface area (Å²) in [5.74, 6) is 2.01. The number of carbonyl (C=O) groups excluding carboxylic acids is 1. The Morgan fingerprint density at radius 3 is 2.17 bits per heavy atom. The minimum Gasteiger partial charge on any atom is -0.493 e. The van der Waals surface area contributed by atoms with Gasteiger partial charge in [-0.1, -0.05) is 0 Å². The van der Waals surface area contributed by atoms with Gasteiger partial charge in [-0.05, 0) is 33.6 Å². The number of rotatable bonds is 8. The number of anilines is 1. The molecule has 0 unspecified atom stereocenters. The van der Waals surface area contributed by atoms with Crippen LogP contribution in [0.5, 0.6) is 17.2 Å². The van der Waals surface area contributed by atoms with Crippen molar-refractivity contribution < 1.29 is 23.7 Å². The number of hydrogen-bond acceptors (Lipinski definition) is 5. The van der Waals surface area contributed by atoms with Gasteiger partial charge in [-0.15, -0.1) is 11.6 Å². The van der Waals surface area contributed by atoms with Crippen LogP contribution < -0.4 is 19.5 Å². The molecule has 136 valence electrons. The van der Waals surface area contributed by atoms with Crippen LogP contribution in [0.2, 0.25) is 0 Å². The van der Waals surface area contributed by atoms with Gasteiger partial charge in [-0.2, -0.15) is 0 Å². The smallest absolute Gasteiger partial charge is 0.412 e. The van der Waals surface area contributed by atoms with Crippen LogP contribution >= 0.6 is 11.6 Å². The molecule has 7 heteroatoms. The number of ether oxygens (including phenoxy) is 4. The highest BCUT2D eigenvalue weighted by atomic mass is 35.5. The number of unbranched alkanes of at least 4 members (excludes halogenated alkanes) is 1. The van der Waals surface area contributed by atoms with Crippen LogP contribution in [0.4, 0.5) is 10.5 Å². The summed E-state index contributed by atoms with van der Waals surface area (Å²) in [5, 5.41) is 2.66. The van der Waals surface area contributed by atoms with E-state index in [0.717, 1.165) is 12.8 Å². The second-order valence-electron chi connectivity index (χ2n) is 6.08. The molecule has 1 rings (SSSR count). The van der Waals surface area contributed by atoms with Gasteiger partial charge >= 0.3 is 6.09 Å². The lowest BCUT2D eigenvalue weighted by Gasteiger charge is -2.20. The summed E-state index contributed by atoms with van der Waals surface area (Å²) in [6, 6.07) is 3.31. The maximum atomic E-state index is 11.9. The van der Waals surface area contributed by atoms with Crippen molar-refractivity contribution in [2.75, 3.05) is 32.0 Å². The standard InChI is InChI=1S/C17H26ClNO5/c1-17(2,3)24-16(20)19-12-10-13(21-4)15(14(11-12)22-5)23-9-7-6-8-18/h10-11H,6-9H2,1-5H3,(H,19,20). The van der Waals surface area contributed by atoms with Crippen molar-refractivity contribution in [1.29, 1.82) is 0 Å². The van der Waals surface area contributed by atoms with Gasteiger partial charge in [0.1, 0.15) is 5.60 Å².